The number of halogens is 1. The molecule has 0 bridgehead atoms. The first kappa shape index (κ1) is 13.2. The summed E-state index contributed by atoms with van der Waals surface area (Å²) in [6.45, 7) is 1.26. The fraction of sp³-hybridized carbons (Fsp3) is 0.545. The number of carbonyl (C=O) groups excluding carboxylic acids is 1. The van der Waals surface area contributed by atoms with Crippen LogP contribution in [0.3, 0.4) is 0 Å². The summed E-state index contributed by atoms with van der Waals surface area (Å²) in [5.41, 5.74) is -0.415. The predicted molar refractivity (Wildman–Crippen MR) is 68.9 cm³/mol. The fourth-order valence-electron chi connectivity index (χ4n) is 1.83. The molecule has 18 heavy (non-hydrogen) atoms. The first-order chi connectivity index (χ1) is 8.65. The van der Waals surface area contributed by atoms with E-state index in [0.717, 1.165) is 12.8 Å². The van der Waals surface area contributed by atoms with Gasteiger partial charge in [-0.05, 0) is 18.9 Å². The summed E-state index contributed by atoms with van der Waals surface area (Å²) >= 11 is 3.43. The van der Waals surface area contributed by atoms with Crippen LogP contribution in [0.2, 0.25) is 0 Å². The lowest BCUT2D eigenvalue weighted by atomic mass is 9.92. The van der Waals surface area contributed by atoms with Crippen LogP contribution in [0.1, 0.15) is 23.3 Å². The Balaban J connectivity index is 2.09. The highest BCUT2D eigenvalue weighted by Crippen LogP contribution is 2.23. The third kappa shape index (κ3) is 2.97. The third-order valence-electron chi connectivity index (χ3n) is 3.00. The van der Waals surface area contributed by atoms with Gasteiger partial charge in [-0.1, -0.05) is 15.9 Å². The van der Waals surface area contributed by atoms with Crippen molar-refractivity contribution < 1.29 is 9.53 Å². The number of H-pyrrole nitrogens is 1. The molecule has 98 valence electrons. The maximum atomic E-state index is 12.0. The zero-order valence-electron chi connectivity index (χ0n) is 9.74. The highest BCUT2D eigenvalue weighted by Gasteiger charge is 2.33. The highest BCUT2D eigenvalue weighted by atomic mass is 79.9. The van der Waals surface area contributed by atoms with E-state index in [0.29, 0.717) is 18.5 Å². The first-order valence-electron chi connectivity index (χ1n) is 5.67. The molecule has 0 spiro atoms. The van der Waals surface area contributed by atoms with Gasteiger partial charge in [0.2, 0.25) is 0 Å². The first-order valence-corrected chi connectivity index (χ1v) is 6.79. The molecule has 1 aromatic heterocycles. The Bertz CT molecular complexity index is 462. The SMILES string of the molecule is O=C(NC1(CBr)CCOCC1)c1ccc(=O)[nH]n1. The van der Waals surface area contributed by atoms with E-state index in [1.165, 1.54) is 12.1 Å². The molecule has 1 aliphatic rings. The van der Waals surface area contributed by atoms with E-state index in [1.807, 2.05) is 0 Å². The lowest BCUT2D eigenvalue weighted by Gasteiger charge is -2.36. The average molecular weight is 316 g/mol. The zero-order valence-corrected chi connectivity index (χ0v) is 11.3. The molecule has 7 heteroatoms. The Morgan fingerprint density at radius 3 is 2.78 bits per heavy atom. The van der Waals surface area contributed by atoms with Crippen LogP contribution >= 0.6 is 15.9 Å². The maximum Gasteiger partial charge on any atom is 0.272 e. The number of hydrogen-bond acceptors (Lipinski definition) is 4. The van der Waals surface area contributed by atoms with Crippen LogP contribution in [0.25, 0.3) is 0 Å². The summed E-state index contributed by atoms with van der Waals surface area (Å²) < 4.78 is 5.29. The summed E-state index contributed by atoms with van der Waals surface area (Å²) in [5.74, 6) is -0.285. The summed E-state index contributed by atoms with van der Waals surface area (Å²) in [6.07, 6.45) is 1.51. The van der Waals surface area contributed by atoms with Gasteiger partial charge in [0.05, 0.1) is 5.54 Å². The molecule has 6 nitrogen and oxygen atoms in total. The molecular formula is C11H14BrN3O3. The Morgan fingerprint density at radius 1 is 1.50 bits per heavy atom. The molecule has 0 atom stereocenters. The van der Waals surface area contributed by atoms with Crippen LogP contribution < -0.4 is 10.9 Å². The number of carbonyl (C=O) groups is 1. The van der Waals surface area contributed by atoms with E-state index in [2.05, 4.69) is 31.4 Å². The Labute approximate surface area is 112 Å². The lowest BCUT2D eigenvalue weighted by molar-refractivity contribution is 0.0440. The van der Waals surface area contributed by atoms with Gasteiger partial charge < -0.3 is 10.1 Å². The number of rotatable bonds is 3. The Hall–Kier alpha value is -1.21. The van der Waals surface area contributed by atoms with Gasteiger partial charge in [-0.25, -0.2) is 5.10 Å². The van der Waals surface area contributed by atoms with Gasteiger partial charge >= 0.3 is 0 Å². The van der Waals surface area contributed by atoms with Crippen molar-refractivity contribution in [2.45, 2.75) is 18.4 Å². The second kappa shape index (κ2) is 5.62. The van der Waals surface area contributed by atoms with Gasteiger partial charge in [-0.15, -0.1) is 0 Å². The largest absolute Gasteiger partial charge is 0.381 e. The molecule has 1 saturated heterocycles. The van der Waals surface area contributed by atoms with Gasteiger partial charge in [0, 0.05) is 24.6 Å². The van der Waals surface area contributed by atoms with E-state index >= 15 is 0 Å². The standard InChI is InChI=1S/C11H14BrN3O3/c12-7-11(3-5-18-6-4-11)13-10(17)8-1-2-9(16)15-14-8/h1-2H,3-7H2,(H,13,17)(H,15,16). The van der Waals surface area contributed by atoms with Crippen molar-refractivity contribution in [3.63, 3.8) is 0 Å². The molecule has 2 rings (SSSR count). The average Bonchev–Trinajstić information content (AvgIpc) is 2.40. The van der Waals surface area contributed by atoms with Gasteiger partial charge in [0.25, 0.3) is 11.5 Å². The van der Waals surface area contributed by atoms with Crippen molar-refractivity contribution in [2.24, 2.45) is 0 Å². The van der Waals surface area contributed by atoms with E-state index in [9.17, 15) is 9.59 Å². The minimum absolute atomic E-state index is 0.210. The molecular weight excluding hydrogens is 302 g/mol. The van der Waals surface area contributed by atoms with Gasteiger partial charge in [0.15, 0.2) is 0 Å². The zero-order chi connectivity index (χ0) is 13.0. The highest BCUT2D eigenvalue weighted by molar-refractivity contribution is 9.09. The second-order valence-corrected chi connectivity index (χ2v) is 4.85. The molecule has 1 aromatic rings. The van der Waals surface area contributed by atoms with Crippen molar-refractivity contribution in [3.8, 4) is 0 Å². The molecule has 1 aliphatic heterocycles. The van der Waals surface area contributed by atoms with Crippen molar-refractivity contribution in [2.75, 3.05) is 18.5 Å². The summed E-state index contributed by atoms with van der Waals surface area (Å²) in [4.78, 5) is 22.9. The van der Waals surface area contributed by atoms with Crippen LogP contribution in [0.15, 0.2) is 16.9 Å². The summed E-state index contributed by atoms with van der Waals surface area (Å²) in [7, 11) is 0. The van der Waals surface area contributed by atoms with E-state index < -0.39 is 0 Å². The molecule has 2 N–H and O–H groups in total. The molecule has 0 unspecified atom stereocenters. The molecule has 0 aromatic carbocycles. The molecule has 0 aliphatic carbocycles. The quantitative estimate of drug-likeness (QED) is 0.793. The number of aromatic nitrogens is 2. The monoisotopic (exact) mass is 315 g/mol. The summed E-state index contributed by atoms with van der Waals surface area (Å²) in [5, 5.41) is 9.59. The molecule has 1 fully saturated rings. The number of ether oxygens (including phenoxy) is 1. The van der Waals surface area contributed by atoms with Crippen LogP contribution in [0.5, 0.6) is 0 Å². The number of nitrogens with one attached hydrogen (secondary N) is 2. The molecule has 0 radical (unpaired) electrons. The number of aromatic amines is 1. The normalized spacial score (nSPS) is 18.3. The minimum Gasteiger partial charge on any atom is -0.381 e. The Kier molecular flexibility index (Phi) is 4.13. The number of hydrogen-bond donors (Lipinski definition) is 2. The Morgan fingerprint density at radius 2 is 2.22 bits per heavy atom. The smallest absolute Gasteiger partial charge is 0.272 e. The number of amides is 1. The third-order valence-corrected chi connectivity index (χ3v) is 4.07. The van der Waals surface area contributed by atoms with Gasteiger partial charge in [0.1, 0.15) is 5.69 Å². The topological polar surface area (TPSA) is 84.1 Å². The molecule has 1 amide bonds. The lowest BCUT2D eigenvalue weighted by Crippen LogP contribution is -2.53. The fourth-order valence-corrected chi connectivity index (χ4v) is 2.53. The summed E-state index contributed by atoms with van der Waals surface area (Å²) in [6, 6.07) is 2.70. The predicted octanol–water partition coefficient (Wildman–Crippen LogP) is 0.444. The maximum absolute atomic E-state index is 12.0. The van der Waals surface area contributed by atoms with Crippen molar-refractivity contribution in [1.82, 2.24) is 15.5 Å². The van der Waals surface area contributed by atoms with Crippen molar-refractivity contribution >= 4 is 21.8 Å². The second-order valence-electron chi connectivity index (χ2n) is 4.29. The van der Waals surface area contributed by atoms with E-state index in [4.69, 9.17) is 4.74 Å². The van der Waals surface area contributed by atoms with Gasteiger partial charge in [-0.2, -0.15) is 5.10 Å². The van der Waals surface area contributed by atoms with Crippen molar-refractivity contribution in [3.05, 3.63) is 28.2 Å². The van der Waals surface area contributed by atoms with Crippen LogP contribution in [-0.2, 0) is 4.74 Å². The number of nitrogens with zero attached hydrogens (tertiary/aromatic N) is 1. The molecule has 0 saturated carbocycles. The minimum atomic E-state index is -0.326. The van der Waals surface area contributed by atoms with Gasteiger partial charge in [-0.3, -0.25) is 9.59 Å². The molecule has 2 heterocycles. The van der Waals surface area contributed by atoms with Crippen LogP contribution in [0.4, 0.5) is 0 Å². The number of alkyl halides is 1. The van der Waals surface area contributed by atoms with E-state index in [1.54, 1.807) is 0 Å². The van der Waals surface area contributed by atoms with Crippen LogP contribution in [-0.4, -0.2) is 40.2 Å². The van der Waals surface area contributed by atoms with Crippen LogP contribution in [0, 0.1) is 0 Å². The van der Waals surface area contributed by atoms with Crippen molar-refractivity contribution in [1.29, 1.82) is 0 Å². The van der Waals surface area contributed by atoms with E-state index in [-0.39, 0.29) is 22.7 Å².